The summed E-state index contributed by atoms with van der Waals surface area (Å²) < 4.78 is 0.812. The average molecular weight is 347 g/mol. The minimum Gasteiger partial charge on any atom is -0.399 e. The van der Waals surface area contributed by atoms with Crippen molar-refractivity contribution < 1.29 is 4.79 Å². The number of halogens is 1. The number of nitrogens with zero attached hydrogens (tertiary/aromatic N) is 1. The molecular formula is C17H19BrN2O. The van der Waals surface area contributed by atoms with Gasteiger partial charge in [-0.05, 0) is 35.7 Å². The molecule has 2 aromatic rings. The van der Waals surface area contributed by atoms with Crippen LogP contribution in [-0.2, 0) is 13.0 Å². The summed E-state index contributed by atoms with van der Waals surface area (Å²) in [5.74, 6) is -0.0393. The highest BCUT2D eigenvalue weighted by atomic mass is 79.9. The zero-order valence-corrected chi connectivity index (χ0v) is 13.9. The van der Waals surface area contributed by atoms with Crippen molar-refractivity contribution in [3.63, 3.8) is 0 Å². The van der Waals surface area contributed by atoms with Crippen molar-refractivity contribution in [1.82, 2.24) is 4.90 Å². The van der Waals surface area contributed by atoms with Gasteiger partial charge >= 0.3 is 0 Å². The van der Waals surface area contributed by atoms with Gasteiger partial charge < -0.3 is 10.6 Å². The van der Waals surface area contributed by atoms with E-state index >= 15 is 0 Å². The van der Waals surface area contributed by atoms with Gasteiger partial charge in [0.2, 0.25) is 0 Å². The Morgan fingerprint density at radius 2 is 1.76 bits per heavy atom. The Balaban J connectivity index is 2.11. The monoisotopic (exact) mass is 346 g/mol. The Morgan fingerprint density at radius 1 is 1.14 bits per heavy atom. The van der Waals surface area contributed by atoms with Gasteiger partial charge in [-0.3, -0.25) is 4.79 Å². The Morgan fingerprint density at radius 3 is 2.33 bits per heavy atom. The lowest BCUT2D eigenvalue weighted by Gasteiger charge is -2.18. The summed E-state index contributed by atoms with van der Waals surface area (Å²) in [5.41, 5.74) is 9.37. The molecule has 2 rings (SSSR count). The molecule has 110 valence electrons. The molecule has 0 aliphatic heterocycles. The topological polar surface area (TPSA) is 46.3 Å². The van der Waals surface area contributed by atoms with Crippen LogP contribution in [0.25, 0.3) is 0 Å². The van der Waals surface area contributed by atoms with Crippen molar-refractivity contribution in [2.45, 2.75) is 19.9 Å². The molecule has 0 radical (unpaired) electrons. The van der Waals surface area contributed by atoms with E-state index in [2.05, 4.69) is 47.1 Å². The highest BCUT2D eigenvalue weighted by molar-refractivity contribution is 9.10. The van der Waals surface area contributed by atoms with Crippen molar-refractivity contribution >= 4 is 27.5 Å². The molecular weight excluding hydrogens is 328 g/mol. The molecule has 0 aliphatic carbocycles. The summed E-state index contributed by atoms with van der Waals surface area (Å²) in [5, 5.41) is 0. The third-order valence-electron chi connectivity index (χ3n) is 3.36. The predicted molar refractivity (Wildman–Crippen MR) is 90.2 cm³/mol. The van der Waals surface area contributed by atoms with Crippen LogP contribution in [0.15, 0.2) is 46.9 Å². The summed E-state index contributed by atoms with van der Waals surface area (Å²) in [6.45, 7) is 2.71. The molecule has 0 heterocycles. The molecule has 0 bridgehead atoms. The number of aryl methyl sites for hydroxylation is 1. The zero-order valence-electron chi connectivity index (χ0n) is 12.3. The first-order chi connectivity index (χ1) is 9.99. The fourth-order valence-corrected chi connectivity index (χ4v) is 2.69. The highest BCUT2D eigenvalue weighted by Crippen LogP contribution is 2.19. The molecule has 0 atom stereocenters. The number of carbonyl (C=O) groups excluding carboxylic acids is 1. The number of rotatable bonds is 4. The lowest BCUT2D eigenvalue weighted by atomic mass is 10.1. The van der Waals surface area contributed by atoms with Crippen LogP contribution in [0.4, 0.5) is 5.69 Å². The number of anilines is 1. The van der Waals surface area contributed by atoms with E-state index in [1.807, 2.05) is 0 Å². The van der Waals surface area contributed by atoms with Gasteiger partial charge in [0.1, 0.15) is 0 Å². The third kappa shape index (κ3) is 4.08. The highest BCUT2D eigenvalue weighted by Gasteiger charge is 2.13. The summed E-state index contributed by atoms with van der Waals surface area (Å²) in [7, 11) is 1.80. The first kappa shape index (κ1) is 15.6. The number of nitrogen functional groups attached to an aromatic ring is 1. The van der Waals surface area contributed by atoms with E-state index < -0.39 is 0 Å². The van der Waals surface area contributed by atoms with E-state index in [0.29, 0.717) is 17.8 Å². The molecule has 2 aromatic carbocycles. The summed E-state index contributed by atoms with van der Waals surface area (Å²) in [6.07, 6.45) is 1.02. The van der Waals surface area contributed by atoms with E-state index in [4.69, 9.17) is 5.73 Å². The van der Waals surface area contributed by atoms with Crippen LogP contribution < -0.4 is 5.73 Å². The van der Waals surface area contributed by atoms with Crippen LogP contribution in [-0.4, -0.2) is 17.9 Å². The number of hydrogen-bond donors (Lipinski definition) is 1. The molecule has 0 aliphatic rings. The molecule has 2 N–H and O–H groups in total. The predicted octanol–water partition coefficient (Wildman–Crippen LogP) is 3.87. The Labute approximate surface area is 133 Å². The van der Waals surface area contributed by atoms with Gasteiger partial charge in [-0.25, -0.2) is 0 Å². The standard InChI is InChI=1S/C17H19BrN2O/c1-3-12-4-6-13(7-5-12)11-20(2)17(21)14-8-15(18)10-16(19)9-14/h4-10H,3,11,19H2,1-2H3. The summed E-state index contributed by atoms with van der Waals surface area (Å²) in [6, 6.07) is 13.6. The molecule has 21 heavy (non-hydrogen) atoms. The quantitative estimate of drug-likeness (QED) is 0.854. The molecule has 0 unspecified atom stereocenters. The van der Waals surface area contributed by atoms with Gasteiger partial charge in [0.05, 0.1) is 0 Å². The van der Waals surface area contributed by atoms with Crippen molar-refractivity contribution in [2.75, 3.05) is 12.8 Å². The maximum atomic E-state index is 12.4. The Kier molecular flexibility index (Phi) is 5.02. The fourth-order valence-electron chi connectivity index (χ4n) is 2.18. The molecule has 0 spiro atoms. The van der Waals surface area contributed by atoms with Gasteiger partial charge in [-0.1, -0.05) is 47.1 Å². The number of nitrogens with two attached hydrogens (primary N) is 1. The number of carbonyl (C=O) groups is 1. The molecule has 0 aromatic heterocycles. The van der Waals surface area contributed by atoms with Crippen LogP contribution in [0.3, 0.4) is 0 Å². The summed E-state index contributed by atoms with van der Waals surface area (Å²) >= 11 is 3.36. The van der Waals surface area contributed by atoms with Crippen molar-refractivity contribution in [3.8, 4) is 0 Å². The zero-order chi connectivity index (χ0) is 15.4. The van der Waals surface area contributed by atoms with Gasteiger partial charge in [0, 0.05) is 29.3 Å². The van der Waals surface area contributed by atoms with Crippen molar-refractivity contribution in [2.24, 2.45) is 0 Å². The molecule has 1 amide bonds. The minimum atomic E-state index is -0.0393. The molecule has 4 heteroatoms. The van der Waals surface area contributed by atoms with Crippen molar-refractivity contribution in [1.29, 1.82) is 0 Å². The second kappa shape index (κ2) is 6.76. The maximum Gasteiger partial charge on any atom is 0.254 e. The van der Waals surface area contributed by atoms with Crippen LogP contribution in [0.5, 0.6) is 0 Å². The summed E-state index contributed by atoms with van der Waals surface area (Å²) in [4.78, 5) is 14.1. The normalized spacial score (nSPS) is 10.4. The average Bonchev–Trinajstić information content (AvgIpc) is 2.46. The second-order valence-corrected chi connectivity index (χ2v) is 6.02. The molecule has 0 fully saturated rings. The minimum absolute atomic E-state index is 0.0393. The van der Waals surface area contributed by atoms with E-state index in [-0.39, 0.29) is 5.91 Å². The molecule has 0 saturated carbocycles. The smallest absolute Gasteiger partial charge is 0.254 e. The van der Waals surface area contributed by atoms with E-state index in [9.17, 15) is 4.79 Å². The third-order valence-corrected chi connectivity index (χ3v) is 3.82. The fraction of sp³-hybridized carbons (Fsp3) is 0.235. The largest absolute Gasteiger partial charge is 0.399 e. The maximum absolute atomic E-state index is 12.4. The number of benzene rings is 2. The number of amides is 1. The molecule has 3 nitrogen and oxygen atoms in total. The van der Waals surface area contributed by atoms with Crippen LogP contribution in [0.2, 0.25) is 0 Å². The molecule has 0 saturated heterocycles. The van der Waals surface area contributed by atoms with Crippen LogP contribution in [0, 0.1) is 0 Å². The van der Waals surface area contributed by atoms with Gasteiger partial charge in [0.25, 0.3) is 5.91 Å². The van der Waals surface area contributed by atoms with E-state index in [1.54, 1.807) is 30.1 Å². The van der Waals surface area contributed by atoms with E-state index in [0.717, 1.165) is 16.5 Å². The SMILES string of the molecule is CCc1ccc(CN(C)C(=O)c2cc(N)cc(Br)c2)cc1. The van der Waals surface area contributed by atoms with Gasteiger partial charge in [0.15, 0.2) is 0 Å². The first-order valence-electron chi connectivity index (χ1n) is 6.89. The Hall–Kier alpha value is -1.81. The van der Waals surface area contributed by atoms with Gasteiger partial charge in [-0.2, -0.15) is 0 Å². The van der Waals surface area contributed by atoms with Gasteiger partial charge in [-0.15, -0.1) is 0 Å². The lowest BCUT2D eigenvalue weighted by molar-refractivity contribution is 0.0785. The van der Waals surface area contributed by atoms with Crippen molar-refractivity contribution in [3.05, 3.63) is 63.6 Å². The van der Waals surface area contributed by atoms with Crippen LogP contribution in [0.1, 0.15) is 28.4 Å². The first-order valence-corrected chi connectivity index (χ1v) is 7.68. The lowest BCUT2D eigenvalue weighted by Crippen LogP contribution is -2.26. The number of hydrogen-bond acceptors (Lipinski definition) is 2. The van der Waals surface area contributed by atoms with E-state index in [1.165, 1.54) is 5.56 Å². The second-order valence-electron chi connectivity index (χ2n) is 5.10. The Bertz CT molecular complexity index is 617. The van der Waals surface area contributed by atoms with Crippen LogP contribution >= 0.6 is 15.9 Å².